The third-order valence-corrected chi connectivity index (χ3v) is 3.75. The van der Waals surface area contributed by atoms with E-state index in [1.807, 2.05) is 20.8 Å². The van der Waals surface area contributed by atoms with Crippen molar-refractivity contribution in [3.63, 3.8) is 0 Å². The maximum absolute atomic E-state index is 12.6. The summed E-state index contributed by atoms with van der Waals surface area (Å²) >= 11 is 0. The van der Waals surface area contributed by atoms with Gasteiger partial charge in [0.1, 0.15) is 6.04 Å². The molecule has 0 unspecified atom stereocenters. The molecule has 0 spiro atoms. The Morgan fingerprint density at radius 1 is 1.47 bits per heavy atom. The lowest BCUT2D eigenvalue weighted by Gasteiger charge is -2.37. The lowest BCUT2D eigenvalue weighted by Crippen LogP contribution is -2.57. The number of amides is 2. The molecule has 1 saturated heterocycles. The van der Waals surface area contributed by atoms with Crippen molar-refractivity contribution < 1.29 is 19.4 Å². The van der Waals surface area contributed by atoms with Gasteiger partial charge in [-0.2, -0.15) is 0 Å². The van der Waals surface area contributed by atoms with Crippen LogP contribution in [-0.4, -0.2) is 53.8 Å². The number of likely N-dealkylation sites (tertiary alicyclic amines) is 1. The number of methoxy groups -OCH3 is 1. The number of nitrogens with one attached hydrogen (secondary N) is 1. The van der Waals surface area contributed by atoms with Crippen LogP contribution < -0.4 is 5.32 Å². The quantitative estimate of drug-likeness (QED) is 0.791. The molecule has 0 aromatic heterocycles. The van der Waals surface area contributed by atoms with Gasteiger partial charge in [-0.05, 0) is 25.7 Å². The van der Waals surface area contributed by atoms with E-state index < -0.39 is 17.7 Å². The summed E-state index contributed by atoms with van der Waals surface area (Å²) in [7, 11) is 1.27. The Morgan fingerprint density at radius 3 is 2.58 bits per heavy atom. The van der Waals surface area contributed by atoms with Gasteiger partial charge in [0.05, 0.1) is 19.3 Å². The highest BCUT2D eigenvalue weighted by Crippen LogP contribution is 2.29. The van der Waals surface area contributed by atoms with Crippen LogP contribution >= 0.6 is 0 Å². The van der Waals surface area contributed by atoms with Gasteiger partial charge in [0.2, 0.25) is 5.91 Å². The summed E-state index contributed by atoms with van der Waals surface area (Å²) in [6, 6.07) is -0.628. The number of hydrogen-bond acceptors (Lipinski definition) is 4. The fourth-order valence-electron chi connectivity index (χ4n) is 2.43. The van der Waals surface area contributed by atoms with Crippen molar-refractivity contribution in [2.45, 2.75) is 45.2 Å². The molecule has 6 nitrogen and oxygen atoms in total. The van der Waals surface area contributed by atoms with Gasteiger partial charge in [-0.3, -0.25) is 4.79 Å². The average molecular weight is 272 g/mol. The van der Waals surface area contributed by atoms with Crippen LogP contribution in [0.4, 0.5) is 4.79 Å². The highest BCUT2D eigenvalue weighted by molar-refractivity contribution is 5.86. The minimum absolute atomic E-state index is 0.0462. The van der Waals surface area contributed by atoms with Crippen LogP contribution in [0.15, 0.2) is 0 Å². The molecule has 6 heteroatoms. The molecule has 0 saturated carbocycles. The van der Waals surface area contributed by atoms with Crippen molar-refractivity contribution in [2.75, 3.05) is 20.3 Å². The minimum atomic E-state index is -0.628. The summed E-state index contributed by atoms with van der Waals surface area (Å²) in [6.07, 6.45) is 1.03. The first-order valence-electron chi connectivity index (χ1n) is 6.62. The summed E-state index contributed by atoms with van der Waals surface area (Å²) in [5.74, 6) is -0.204. The molecule has 1 rings (SSSR count). The molecule has 0 aromatic rings. The van der Waals surface area contributed by atoms with Crippen LogP contribution in [0.5, 0.6) is 0 Å². The van der Waals surface area contributed by atoms with Gasteiger partial charge in [-0.15, -0.1) is 0 Å². The van der Waals surface area contributed by atoms with E-state index in [0.29, 0.717) is 6.54 Å². The Labute approximate surface area is 114 Å². The highest BCUT2D eigenvalue weighted by atomic mass is 16.5. The molecule has 2 N–H and O–H groups in total. The van der Waals surface area contributed by atoms with Crippen molar-refractivity contribution in [1.82, 2.24) is 10.2 Å². The molecular formula is C13H24N2O4. The van der Waals surface area contributed by atoms with Crippen LogP contribution in [0, 0.1) is 5.92 Å². The van der Waals surface area contributed by atoms with E-state index in [0.717, 1.165) is 12.8 Å². The third-order valence-electron chi connectivity index (χ3n) is 3.75. The van der Waals surface area contributed by atoms with E-state index >= 15 is 0 Å². The van der Waals surface area contributed by atoms with Crippen LogP contribution in [0.25, 0.3) is 0 Å². The number of rotatable bonds is 4. The van der Waals surface area contributed by atoms with E-state index in [1.165, 1.54) is 7.11 Å². The molecule has 1 aliphatic rings. The monoisotopic (exact) mass is 272 g/mol. The van der Waals surface area contributed by atoms with Crippen molar-refractivity contribution in [3.8, 4) is 0 Å². The zero-order valence-electron chi connectivity index (χ0n) is 12.1. The lowest BCUT2D eigenvalue weighted by molar-refractivity contribution is -0.139. The zero-order valence-corrected chi connectivity index (χ0v) is 12.1. The second-order valence-electron chi connectivity index (χ2n) is 5.61. The summed E-state index contributed by atoms with van der Waals surface area (Å²) in [6.45, 7) is 6.15. The first-order valence-corrected chi connectivity index (χ1v) is 6.62. The fourth-order valence-corrected chi connectivity index (χ4v) is 2.43. The Hall–Kier alpha value is -1.30. The topological polar surface area (TPSA) is 78.9 Å². The molecule has 0 bridgehead atoms. The largest absolute Gasteiger partial charge is 0.453 e. The molecular weight excluding hydrogens is 248 g/mol. The van der Waals surface area contributed by atoms with E-state index in [9.17, 15) is 14.7 Å². The number of aliphatic hydroxyl groups is 1. The molecule has 2 atom stereocenters. The molecule has 1 aliphatic heterocycles. The number of aliphatic hydroxyl groups excluding tert-OH is 1. The normalized spacial score (nSPS) is 24.4. The Balaban J connectivity index is 2.85. The van der Waals surface area contributed by atoms with E-state index in [2.05, 4.69) is 10.1 Å². The number of hydrogen-bond donors (Lipinski definition) is 2. The summed E-state index contributed by atoms with van der Waals surface area (Å²) < 4.78 is 4.55. The molecule has 2 amide bonds. The lowest BCUT2D eigenvalue weighted by atomic mass is 9.97. The summed E-state index contributed by atoms with van der Waals surface area (Å²) in [5.41, 5.74) is -0.526. The van der Waals surface area contributed by atoms with Gasteiger partial charge in [-0.25, -0.2) is 4.79 Å². The number of nitrogens with zero attached hydrogens (tertiary/aromatic N) is 1. The number of ether oxygens (including phenoxy) is 1. The van der Waals surface area contributed by atoms with Gasteiger partial charge in [0.25, 0.3) is 0 Å². The second-order valence-corrected chi connectivity index (χ2v) is 5.61. The Kier molecular flexibility index (Phi) is 5.17. The van der Waals surface area contributed by atoms with Crippen LogP contribution in [0.3, 0.4) is 0 Å². The van der Waals surface area contributed by atoms with E-state index in [4.69, 9.17) is 0 Å². The Bertz CT molecular complexity index is 346. The molecule has 0 aliphatic carbocycles. The van der Waals surface area contributed by atoms with Gasteiger partial charge in [0, 0.05) is 6.54 Å². The number of alkyl carbamates (subject to hydrolysis) is 1. The van der Waals surface area contributed by atoms with E-state index in [1.54, 1.807) is 4.90 Å². The first kappa shape index (κ1) is 15.8. The van der Waals surface area contributed by atoms with Crippen LogP contribution in [0.1, 0.15) is 33.6 Å². The van der Waals surface area contributed by atoms with Crippen molar-refractivity contribution in [1.29, 1.82) is 0 Å². The molecule has 1 heterocycles. The Morgan fingerprint density at radius 2 is 2.11 bits per heavy atom. The minimum Gasteiger partial charge on any atom is -0.453 e. The summed E-state index contributed by atoms with van der Waals surface area (Å²) in [4.78, 5) is 25.6. The van der Waals surface area contributed by atoms with Gasteiger partial charge in [-0.1, -0.05) is 13.8 Å². The molecule has 0 radical (unpaired) electrons. The van der Waals surface area contributed by atoms with Crippen molar-refractivity contribution >= 4 is 12.0 Å². The van der Waals surface area contributed by atoms with Crippen LogP contribution in [0.2, 0.25) is 0 Å². The fraction of sp³-hybridized carbons (Fsp3) is 0.846. The predicted molar refractivity (Wildman–Crippen MR) is 70.6 cm³/mol. The number of carbonyl (C=O) groups is 2. The van der Waals surface area contributed by atoms with Gasteiger partial charge in [0.15, 0.2) is 0 Å². The van der Waals surface area contributed by atoms with Crippen molar-refractivity contribution in [3.05, 3.63) is 0 Å². The van der Waals surface area contributed by atoms with E-state index in [-0.39, 0.29) is 18.4 Å². The van der Waals surface area contributed by atoms with Crippen LogP contribution in [-0.2, 0) is 9.53 Å². The zero-order chi connectivity index (χ0) is 14.6. The van der Waals surface area contributed by atoms with Gasteiger partial charge >= 0.3 is 6.09 Å². The van der Waals surface area contributed by atoms with Crippen molar-refractivity contribution in [2.24, 2.45) is 5.92 Å². The maximum Gasteiger partial charge on any atom is 0.407 e. The number of carbonyl (C=O) groups excluding carboxylic acids is 2. The third kappa shape index (κ3) is 3.37. The molecule has 110 valence electrons. The standard InChI is InChI=1S/C13H24N2O4/c1-9(2)10(14-12(18)19-4)11(17)15-7-5-6-13(15,3)8-16/h9-10,16H,5-8H2,1-4H3,(H,14,18)/t10-,13-/m0/s1. The maximum atomic E-state index is 12.6. The smallest absolute Gasteiger partial charge is 0.407 e. The van der Waals surface area contributed by atoms with Gasteiger partial charge < -0.3 is 20.1 Å². The first-order chi connectivity index (χ1) is 8.85. The second kappa shape index (κ2) is 6.23. The average Bonchev–Trinajstić information content (AvgIpc) is 2.77. The molecule has 19 heavy (non-hydrogen) atoms. The predicted octanol–water partition coefficient (Wildman–Crippen LogP) is 0.740. The highest BCUT2D eigenvalue weighted by Gasteiger charge is 2.42. The molecule has 1 fully saturated rings. The SMILES string of the molecule is COC(=O)N[C@H](C(=O)N1CCC[C@@]1(C)CO)C(C)C. The molecule has 0 aromatic carbocycles. The summed E-state index contributed by atoms with van der Waals surface area (Å²) in [5, 5.41) is 12.1.